The molecule has 0 aliphatic heterocycles. The molecule has 0 saturated heterocycles. The third-order valence-electron chi connectivity index (χ3n) is 0.730. The van der Waals surface area contributed by atoms with Crippen molar-refractivity contribution in [2.45, 2.75) is 0 Å². The first-order valence-corrected chi connectivity index (χ1v) is 3.49. The highest BCUT2D eigenvalue weighted by molar-refractivity contribution is 5.85. The normalized spacial score (nSPS) is 7.46. The van der Waals surface area contributed by atoms with E-state index < -0.39 is 11.9 Å². The quantitative estimate of drug-likeness (QED) is 0.449. The molecule has 0 heterocycles. The number of carbonyl (C=O) groups excluding carboxylic acids is 2. The molecule has 0 radical (unpaired) electrons. The van der Waals surface area contributed by atoms with Crippen LogP contribution in [0.25, 0.3) is 0 Å². The van der Waals surface area contributed by atoms with Gasteiger partial charge in [0.15, 0.2) is 0 Å². The molecule has 5 nitrogen and oxygen atoms in total. The van der Waals surface area contributed by atoms with Crippen molar-refractivity contribution in [3.8, 4) is 0 Å². The van der Waals surface area contributed by atoms with Crippen molar-refractivity contribution in [3.63, 3.8) is 0 Å². The van der Waals surface area contributed by atoms with Crippen molar-refractivity contribution >= 4 is 11.9 Å². The zero-order chi connectivity index (χ0) is 10.7. The van der Waals surface area contributed by atoms with Gasteiger partial charge < -0.3 is 16.2 Å². The Hall–Kier alpha value is -1.62. The fourth-order valence-electron chi connectivity index (χ4n) is 0.218. The van der Waals surface area contributed by atoms with Crippen LogP contribution in [-0.2, 0) is 14.3 Å². The van der Waals surface area contributed by atoms with Crippen LogP contribution in [-0.4, -0.2) is 25.0 Å². The lowest BCUT2D eigenvalue weighted by Gasteiger charge is -1.94. The van der Waals surface area contributed by atoms with Crippen molar-refractivity contribution in [1.29, 1.82) is 0 Å². The molecular weight excluding hydrogens is 172 g/mol. The number of nitrogens with two attached hydrogens (primary N) is 2. The molecule has 0 atom stereocenters. The summed E-state index contributed by atoms with van der Waals surface area (Å²) in [5, 5.41) is 0. The van der Waals surface area contributed by atoms with Gasteiger partial charge in [0, 0.05) is 12.6 Å². The van der Waals surface area contributed by atoms with Gasteiger partial charge in [-0.1, -0.05) is 13.2 Å². The average Bonchev–Trinajstić information content (AvgIpc) is 2.15. The van der Waals surface area contributed by atoms with Gasteiger partial charge in [-0.2, -0.15) is 0 Å². The van der Waals surface area contributed by atoms with Crippen molar-refractivity contribution in [2.24, 2.45) is 11.5 Å². The maximum atomic E-state index is 10.2. The third kappa shape index (κ3) is 17.9. The van der Waals surface area contributed by atoms with E-state index in [9.17, 15) is 9.59 Å². The van der Waals surface area contributed by atoms with Crippen LogP contribution in [0.1, 0.15) is 0 Å². The van der Waals surface area contributed by atoms with Gasteiger partial charge in [-0.05, 0) is 6.08 Å². The monoisotopic (exact) mass is 186 g/mol. The Balaban J connectivity index is 0. The molecule has 74 valence electrons. The zero-order valence-electron chi connectivity index (χ0n) is 7.36. The van der Waals surface area contributed by atoms with E-state index in [4.69, 9.17) is 5.73 Å². The Bertz CT molecular complexity index is 190. The highest BCUT2D eigenvalue weighted by Crippen LogP contribution is 1.74. The van der Waals surface area contributed by atoms with Crippen LogP contribution in [0.2, 0.25) is 0 Å². The predicted molar refractivity (Wildman–Crippen MR) is 49.6 cm³/mol. The molecule has 0 fully saturated rings. The molecule has 0 aromatic heterocycles. The lowest BCUT2D eigenvalue weighted by atomic mass is 10.6. The number of primary amides is 1. The summed E-state index contributed by atoms with van der Waals surface area (Å²) in [5.74, 6) is -0.902. The van der Waals surface area contributed by atoms with E-state index >= 15 is 0 Å². The van der Waals surface area contributed by atoms with Crippen molar-refractivity contribution in [3.05, 3.63) is 25.3 Å². The summed E-state index contributed by atoms with van der Waals surface area (Å²) in [6.45, 7) is 6.91. The minimum atomic E-state index is -0.481. The van der Waals surface area contributed by atoms with Crippen molar-refractivity contribution in [1.82, 2.24) is 0 Å². The van der Waals surface area contributed by atoms with Gasteiger partial charge in [-0.3, -0.25) is 4.79 Å². The summed E-state index contributed by atoms with van der Waals surface area (Å²) in [7, 11) is 0. The molecule has 1 amide bonds. The van der Waals surface area contributed by atoms with Crippen molar-refractivity contribution < 1.29 is 14.3 Å². The summed E-state index contributed by atoms with van der Waals surface area (Å²) >= 11 is 0. The highest BCUT2D eigenvalue weighted by Gasteiger charge is 1.89. The molecule has 0 saturated carbocycles. The lowest BCUT2D eigenvalue weighted by Crippen LogP contribution is -2.11. The Labute approximate surface area is 77.0 Å². The standard InChI is InChI=1S/C5H9NO2.C3H5NO/c1-2-5(7)8-4-3-6;1-2-3(4)5/h2H,1,3-4,6H2;2H,1H2,(H2,4,5). The summed E-state index contributed by atoms with van der Waals surface area (Å²) in [5.41, 5.74) is 9.55. The second-order valence-electron chi connectivity index (χ2n) is 1.77. The average molecular weight is 186 g/mol. The topological polar surface area (TPSA) is 95.4 Å². The van der Waals surface area contributed by atoms with Crippen LogP contribution in [0.4, 0.5) is 0 Å². The van der Waals surface area contributed by atoms with Crippen LogP contribution >= 0.6 is 0 Å². The van der Waals surface area contributed by atoms with Gasteiger partial charge in [0.1, 0.15) is 6.61 Å². The number of amides is 1. The molecule has 0 spiro atoms. The summed E-state index contributed by atoms with van der Waals surface area (Å²) < 4.78 is 4.46. The Kier molecular flexibility index (Phi) is 11.1. The fourth-order valence-corrected chi connectivity index (χ4v) is 0.218. The van der Waals surface area contributed by atoms with Gasteiger partial charge in [-0.15, -0.1) is 0 Å². The highest BCUT2D eigenvalue weighted by atomic mass is 16.5. The number of rotatable bonds is 4. The van der Waals surface area contributed by atoms with E-state index in [0.717, 1.165) is 12.2 Å². The van der Waals surface area contributed by atoms with Gasteiger partial charge in [0.05, 0.1) is 0 Å². The van der Waals surface area contributed by atoms with E-state index in [0.29, 0.717) is 6.54 Å². The van der Waals surface area contributed by atoms with Gasteiger partial charge >= 0.3 is 5.97 Å². The molecule has 0 aliphatic carbocycles. The summed E-state index contributed by atoms with van der Waals surface area (Å²) in [6.07, 6.45) is 2.16. The second kappa shape index (κ2) is 10.4. The van der Waals surface area contributed by atoms with E-state index in [1.54, 1.807) is 0 Å². The summed E-state index contributed by atoms with van der Waals surface area (Å²) in [6, 6.07) is 0. The maximum Gasteiger partial charge on any atom is 0.330 e. The Morgan fingerprint density at radius 1 is 1.31 bits per heavy atom. The maximum absolute atomic E-state index is 10.2. The van der Waals surface area contributed by atoms with E-state index in [2.05, 4.69) is 23.6 Å². The first-order valence-electron chi connectivity index (χ1n) is 3.49. The molecule has 4 N–H and O–H groups in total. The fraction of sp³-hybridized carbons (Fsp3) is 0.250. The molecule has 13 heavy (non-hydrogen) atoms. The van der Waals surface area contributed by atoms with Crippen LogP contribution in [0.15, 0.2) is 25.3 Å². The summed E-state index contributed by atoms with van der Waals surface area (Å²) in [4.78, 5) is 19.6. The second-order valence-corrected chi connectivity index (χ2v) is 1.77. The predicted octanol–water partition coefficient (Wildman–Crippen LogP) is -0.668. The smallest absolute Gasteiger partial charge is 0.330 e. The molecule has 5 heteroatoms. The van der Waals surface area contributed by atoms with Crippen molar-refractivity contribution in [2.75, 3.05) is 13.2 Å². The van der Waals surface area contributed by atoms with Gasteiger partial charge in [-0.25, -0.2) is 4.79 Å². The van der Waals surface area contributed by atoms with Gasteiger partial charge in [0.25, 0.3) is 0 Å². The zero-order valence-corrected chi connectivity index (χ0v) is 7.36. The molecule has 0 rings (SSSR count). The van der Waals surface area contributed by atoms with Crippen LogP contribution in [0.5, 0.6) is 0 Å². The minimum absolute atomic E-state index is 0.269. The first kappa shape index (κ1) is 13.9. The molecule has 0 unspecified atom stereocenters. The SMILES string of the molecule is C=CC(=O)OCCN.C=CC(N)=O. The third-order valence-corrected chi connectivity index (χ3v) is 0.730. The Morgan fingerprint density at radius 3 is 2.00 bits per heavy atom. The van der Waals surface area contributed by atoms with E-state index in [-0.39, 0.29) is 6.61 Å². The first-order chi connectivity index (χ1) is 6.08. The molecule has 0 bridgehead atoms. The van der Waals surface area contributed by atoms with Gasteiger partial charge in [0.2, 0.25) is 5.91 Å². The largest absolute Gasteiger partial charge is 0.461 e. The van der Waals surface area contributed by atoms with Crippen LogP contribution < -0.4 is 11.5 Å². The minimum Gasteiger partial charge on any atom is -0.461 e. The van der Waals surface area contributed by atoms with Crippen LogP contribution in [0, 0.1) is 0 Å². The number of esters is 1. The van der Waals surface area contributed by atoms with E-state index in [1.807, 2.05) is 0 Å². The molecular formula is C8H14N2O3. The number of hydrogen-bond acceptors (Lipinski definition) is 4. The van der Waals surface area contributed by atoms with E-state index in [1.165, 1.54) is 0 Å². The number of hydrogen-bond donors (Lipinski definition) is 2. The number of carbonyl (C=O) groups is 2. The number of ether oxygens (including phenoxy) is 1. The lowest BCUT2D eigenvalue weighted by molar-refractivity contribution is -0.137. The molecule has 0 aromatic rings. The molecule has 0 aromatic carbocycles. The Morgan fingerprint density at radius 2 is 1.77 bits per heavy atom. The molecule has 0 aliphatic rings. The van der Waals surface area contributed by atoms with Crippen LogP contribution in [0.3, 0.4) is 0 Å².